The van der Waals surface area contributed by atoms with E-state index in [2.05, 4.69) is 34.7 Å². The zero-order chi connectivity index (χ0) is 22.7. The number of halogens is 2. The van der Waals surface area contributed by atoms with Gasteiger partial charge in [0.15, 0.2) is 5.78 Å². The minimum Gasteiger partial charge on any atom is -0.331 e. The molecule has 0 saturated heterocycles. The first-order chi connectivity index (χ1) is 15.4. The Balaban J connectivity index is 1.47. The van der Waals surface area contributed by atoms with Crippen LogP contribution in [-0.2, 0) is 12.8 Å². The molecule has 3 aromatic carbocycles. The first-order valence-electron chi connectivity index (χ1n) is 10.2. The SMILES string of the molecule is CC(=O)c1ccc(Cc2ccc(Cc3c(Cl)cc(N4N=CCNC4=O)cc3Cl)cc2)cc1. The van der Waals surface area contributed by atoms with Gasteiger partial charge in [-0.1, -0.05) is 71.7 Å². The monoisotopic (exact) mass is 465 g/mol. The Morgan fingerprint density at radius 3 is 2.00 bits per heavy atom. The molecule has 0 aromatic heterocycles. The highest BCUT2D eigenvalue weighted by atomic mass is 35.5. The molecular formula is C25H21Cl2N3O2. The zero-order valence-corrected chi connectivity index (χ0v) is 19.0. The standard InChI is InChI=1S/C25H21Cl2N3O2/c1-16(31)20-8-6-18(7-9-20)12-17-2-4-19(5-3-17)13-22-23(26)14-21(15-24(22)27)30-25(32)28-10-11-29-30/h2-9,11,14-15H,10,12-13H2,1H3,(H,28,32). The molecule has 0 aliphatic carbocycles. The van der Waals surface area contributed by atoms with E-state index in [1.165, 1.54) is 10.6 Å². The number of nitrogens with zero attached hydrogens (tertiary/aromatic N) is 2. The number of hydrazone groups is 1. The van der Waals surface area contributed by atoms with E-state index in [1.807, 2.05) is 24.3 Å². The van der Waals surface area contributed by atoms with Crippen molar-refractivity contribution in [3.8, 4) is 0 Å². The Morgan fingerprint density at radius 2 is 1.47 bits per heavy atom. The summed E-state index contributed by atoms with van der Waals surface area (Å²) in [6.07, 6.45) is 2.96. The second-order valence-corrected chi connectivity index (χ2v) is 8.42. The topological polar surface area (TPSA) is 61.8 Å². The highest BCUT2D eigenvalue weighted by molar-refractivity contribution is 6.36. The van der Waals surface area contributed by atoms with Gasteiger partial charge in [0, 0.05) is 28.2 Å². The van der Waals surface area contributed by atoms with Gasteiger partial charge in [-0.25, -0.2) is 4.79 Å². The average Bonchev–Trinajstić information content (AvgIpc) is 2.78. The number of urea groups is 1. The van der Waals surface area contributed by atoms with E-state index in [-0.39, 0.29) is 11.8 Å². The van der Waals surface area contributed by atoms with Gasteiger partial charge in [0.05, 0.1) is 12.2 Å². The van der Waals surface area contributed by atoms with Crippen LogP contribution in [0.3, 0.4) is 0 Å². The van der Waals surface area contributed by atoms with Gasteiger partial charge in [0.25, 0.3) is 0 Å². The summed E-state index contributed by atoms with van der Waals surface area (Å²) in [6.45, 7) is 1.97. The molecule has 162 valence electrons. The molecule has 2 amide bonds. The van der Waals surface area contributed by atoms with Gasteiger partial charge in [-0.15, -0.1) is 0 Å². The molecule has 1 aliphatic rings. The Hall–Kier alpha value is -3.15. The molecule has 0 radical (unpaired) electrons. The predicted octanol–water partition coefficient (Wildman–Crippen LogP) is 5.89. The molecular weight excluding hydrogens is 445 g/mol. The van der Waals surface area contributed by atoms with Crippen molar-refractivity contribution in [2.75, 3.05) is 11.6 Å². The largest absolute Gasteiger partial charge is 0.342 e. The maximum Gasteiger partial charge on any atom is 0.342 e. The van der Waals surface area contributed by atoms with E-state index >= 15 is 0 Å². The van der Waals surface area contributed by atoms with Gasteiger partial charge in [-0.3, -0.25) is 4.79 Å². The van der Waals surface area contributed by atoms with Crippen LogP contribution in [-0.4, -0.2) is 24.6 Å². The molecule has 0 spiro atoms. The Morgan fingerprint density at radius 1 is 0.938 bits per heavy atom. The number of benzene rings is 3. The molecule has 1 heterocycles. The predicted molar refractivity (Wildman–Crippen MR) is 129 cm³/mol. The highest BCUT2D eigenvalue weighted by Gasteiger charge is 2.20. The normalized spacial score (nSPS) is 13.2. The van der Waals surface area contributed by atoms with Crippen molar-refractivity contribution >= 4 is 46.9 Å². The van der Waals surface area contributed by atoms with Crippen molar-refractivity contribution in [2.24, 2.45) is 5.10 Å². The number of carbonyl (C=O) groups is 2. The molecule has 0 saturated carbocycles. The first kappa shape index (κ1) is 22.1. The van der Waals surface area contributed by atoms with Crippen LogP contribution in [0.25, 0.3) is 0 Å². The summed E-state index contributed by atoms with van der Waals surface area (Å²) < 4.78 is 0. The second kappa shape index (κ2) is 9.55. The lowest BCUT2D eigenvalue weighted by molar-refractivity contribution is 0.101. The Bertz CT molecular complexity index is 1170. The Kier molecular flexibility index (Phi) is 6.58. The van der Waals surface area contributed by atoms with Crippen LogP contribution in [0.2, 0.25) is 10.0 Å². The van der Waals surface area contributed by atoms with Gasteiger partial charge < -0.3 is 5.32 Å². The molecule has 0 atom stereocenters. The second-order valence-electron chi connectivity index (χ2n) is 7.61. The fourth-order valence-electron chi connectivity index (χ4n) is 3.52. The van der Waals surface area contributed by atoms with Crippen LogP contribution >= 0.6 is 23.2 Å². The number of anilines is 1. The molecule has 32 heavy (non-hydrogen) atoms. The smallest absolute Gasteiger partial charge is 0.331 e. The average molecular weight is 466 g/mol. The quantitative estimate of drug-likeness (QED) is 0.461. The zero-order valence-electron chi connectivity index (χ0n) is 17.4. The van der Waals surface area contributed by atoms with Crippen LogP contribution in [0.15, 0.2) is 65.8 Å². The summed E-state index contributed by atoms with van der Waals surface area (Å²) in [7, 11) is 0. The van der Waals surface area contributed by atoms with E-state index in [4.69, 9.17) is 23.2 Å². The van der Waals surface area contributed by atoms with Crippen LogP contribution in [0.5, 0.6) is 0 Å². The van der Waals surface area contributed by atoms with Crippen LogP contribution < -0.4 is 10.3 Å². The summed E-state index contributed by atoms with van der Waals surface area (Å²) in [4.78, 5) is 23.4. The number of hydrogen-bond acceptors (Lipinski definition) is 3. The minimum absolute atomic E-state index is 0.0678. The highest BCUT2D eigenvalue weighted by Crippen LogP contribution is 2.33. The lowest BCUT2D eigenvalue weighted by Crippen LogP contribution is -2.41. The molecule has 0 bridgehead atoms. The number of hydrogen-bond donors (Lipinski definition) is 1. The first-order valence-corrected chi connectivity index (χ1v) is 10.9. The van der Waals surface area contributed by atoms with Crippen molar-refractivity contribution in [1.82, 2.24) is 5.32 Å². The van der Waals surface area contributed by atoms with Crippen LogP contribution in [0.4, 0.5) is 10.5 Å². The fraction of sp³-hybridized carbons (Fsp3) is 0.160. The van der Waals surface area contributed by atoms with Crippen molar-refractivity contribution in [3.63, 3.8) is 0 Å². The molecule has 5 nitrogen and oxygen atoms in total. The van der Waals surface area contributed by atoms with Crippen LogP contribution in [0.1, 0.15) is 39.5 Å². The van der Waals surface area contributed by atoms with E-state index in [9.17, 15) is 9.59 Å². The molecule has 1 aliphatic heterocycles. The molecule has 0 unspecified atom stereocenters. The number of amides is 2. The number of carbonyl (C=O) groups excluding carboxylic acids is 2. The van der Waals surface area contributed by atoms with Gasteiger partial charge in [-0.2, -0.15) is 10.1 Å². The summed E-state index contributed by atoms with van der Waals surface area (Å²) in [5.41, 5.74) is 5.43. The van der Waals surface area contributed by atoms with E-state index in [1.54, 1.807) is 25.3 Å². The molecule has 0 fully saturated rings. The third kappa shape index (κ3) is 5.01. The minimum atomic E-state index is -0.320. The summed E-state index contributed by atoms with van der Waals surface area (Å²) >= 11 is 13.0. The molecule has 4 rings (SSSR count). The van der Waals surface area contributed by atoms with Gasteiger partial charge in [0.1, 0.15) is 0 Å². The van der Waals surface area contributed by atoms with E-state index < -0.39 is 0 Å². The molecule has 3 aromatic rings. The van der Waals surface area contributed by atoms with E-state index in [0.29, 0.717) is 28.7 Å². The van der Waals surface area contributed by atoms with Crippen molar-refractivity contribution < 1.29 is 9.59 Å². The van der Waals surface area contributed by atoms with Crippen molar-refractivity contribution in [3.05, 3.63) is 98.5 Å². The number of Topliss-reactive ketones (excluding diaryl/α,β-unsaturated/α-hetero) is 1. The lowest BCUT2D eigenvalue weighted by atomic mass is 9.99. The lowest BCUT2D eigenvalue weighted by Gasteiger charge is -2.22. The number of nitrogens with one attached hydrogen (secondary N) is 1. The molecule has 1 N–H and O–H groups in total. The van der Waals surface area contributed by atoms with Gasteiger partial charge in [-0.05, 0) is 47.7 Å². The summed E-state index contributed by atoms with van der Waals surface area (Å²) in [5, 5.41) is 8.99. The Labute approximate surface area is 196 Å². The molecule has 7 heteroatoms. The van der Waals surface area contributed by atoms with E-state index in [0.717, 1.165) is 28.7 Å². The van der Waals surface area contributed by atoms with Gasteiger partial charge in [0.2, 0.25) is 0 Å². The number of ketones is 1. The maximum absolute atomic E-state index is 12.0. The third-order valence-corrected chi connectivity index (χ3v) is 5.95. The van der Waals surface area contributed by atoms with Crippen molar-refractivity contribution in [2.45, 2.75) is 19.8 Å². The summed E-state index contributed by atoms with van der Waals surface area (Å²) in [5.74, 6) is 0.0678. The van der Waals surface area contributed by atoms with Gasteiger partial charge >= 0.3 is 6.03 Å². The number of rotatable bonds is 6. The fourth-order valence-corrected chi connectivity index (χ4v) is 4.13. The van der Waals surface area contributed by atoms with Crippen molar-refractivity contribution in [1.29, 1.82) is 0 Å². The summed E-state index contributed by atoms with van der Waals surface area (Å²) in [6, 6.07) is 19.0. The van der Waals surface area contributed by atoms with Crippen LogP contribution in [0, 0.1) is 0 Å². The maximum atomic E-state index is 12.0. The third-order valence-electron chi connectivity index (χ3n) is 5.28.